The molecule has 0 saturated heterocycles. The Morgan fingerprint density at radius 2 is 2.20 bits per heavy atom. The lowest BCUT2D eigenvalue weighted by Crippen LogP contribution is -1.89. The maximum atomic E-state index is 5.43. The van der Waals surface area contributed by atoms with Crippen LogP contribution in [0.25, 0.3) is 11.4 Å². The van der Waals surface area contributed by atoms with E-state index in [0.29, 0.717) is 5.82 Å². The molecule has 0 bridgehead atoms. The molecule has 0 aliphatic rings. The van der Waals surface area contributed by atoms with Crippen LogP contribution < -0.4 is 10.5 Å². The first-order chi connectivity index (χ1) is 7.20. The molecule has 5 heteroatoms. The Labute approximate surface area is 87.3 Å². The van der Waals surface area contributed by atoms with Gasteiger partial charge in [-0.05, 0) is 18.6 Å². The van der Waals surface area contributed by atoms with E-state index >= 15 is 0 Å². The van der Waals surface area contributed by atoms with E-state index in [0.717, 1.165) is 16.9 Å². The van der Waals surface area contributed by atoms with Gasteiger partial charge in [-0.3, -0.25) is 5.10 Å². The number of methoxy groups -OCH3 is 1. The third kappa shape index (κ3) is 1.76. The molecule has 1 aromatic heterocycles. The molecule has 0 saturated carbocycles. The third-order valence-corrected chi connectivity index (χ3v) is 2.18. The molecule has 0 spiro atoms. The monoisotopic (exact) mass is 204 g/mol. The number of nitrogen functional groups attached to an aromatic ring is 1. The highest BCUT2D eigenvalue weighted by Gasteiger charge is 2.06. The largest absolute Gasteiger partial charge is 0.496 e. The van der Waals surface area contributed by atoms with Crippen molar-refractivity contribution < 1.29 is 4.74 Å². The molecule has 0 aliphatic carbocycles. The maximum Gasteiger partial charge on any atom is 0.239 e. The van der Waals surface area contributed by atoms with E-state index in [1.807, 2.05) is 25.1 Å². The van der Waals surface area contributed by atoms with Gasteiger partial charge in [0.05, 0.1) is 7.11 Å². The molecule has 0 atom stereocenters. The highest BCUT2D eigenvalue weighted by atomic mass is 16.5. The fourth-order valence-electron chi connectivity index (χ4n) is 1.37. The van der Waals surface area contributed by atoms with Gasteiger partial charge in [0.25, 0.3) is 0 Å². The number of rotatable bonds is 2. The minimum Gasteiger partial charge on any atom is -0.496 e. The second-order valence-electron chi connectivity index (χ2n) is 3.23. The summed E-state index contributed by atoms with van der Waals surface area (Å²) in [6.07, 6.45) is 0. The Hall–Kier alpha value is -2.04. The van der Waals surface area contributed by atoms with Gasteiger partial charge in [0.2, 0.25) is 5.95 Å². The van der Waals surface area contributed by atoms with Gasteiger partial charge in [-0.15, -0.1) is 5.10 Å². The Bertz CT molecular complexity index is 478. The van der Waals surface area contributed by atoms with Crippen LogP contribution in [0.5, 0.6) is 5.75 Å². The summed E-state index contributed by atoms with van der Waals surface area (Å²) >= 11 is 0. The van der Waals surface area contributed by atoms with Gasteiger partial charge in [-0.2, -0.15) is 4.98 Å². The molecule has 78 valence electrons. The van der Waals surface area contributed by atoms with Gasteiger partial charge in [0, 0.05) is 5.56 Å². The van der Waals surface area contributed by atoms with Crippen LogP contribution in [0, 0.1) is 6.92 Å². The van der Waals surface area contributed by atoms with Crippen LogP contribution >= 0.6 is 0 Å². The molecule has 0 fully saturated rings. The number of nitrogens with two attached hydrogens (primary N) is 1. The number of benzene rings is 1. The first-order valence-electron chi connectivity index (χ1n) is 4.53. The van der Waals surface area contributed by atoms with E-state index in [1.165, 1.54) is 0 Å². The van der Waals surface area contributed by atoms with Crippen molar-refractivity contribution in [2.75, 3.05) is 12.8 Å². The van der Waals surface area contributed by atoms with Crippen molar-refractivity contribution in [3.8, 4) is 17.1 Å². The van der Waals surface area contributed by atoms with Gasteiger partial charge in [-0.1, -0.05) is 12.1 Å². The summed E-state index contributed by atoms with van der Waals surface area (Å²) in [4.78, 5) is 4.04. The van der Waals surface area contributed by atoms with Crippen LogP contribution in [0.15, 0.2) is 18.2 Å². The lowest BCUT2D eigenvalue weighted by atomic mass is 10.1. The Kier molecular flexibility index (Phi) is 2.29. The average Bonchev–Trinajstić information content (AvgIpc) is 2.66. The van der Waals surface area contributed by atoms with Crippen molar-refractivity contribution >= 4 is 5.95 Å². The second-order valence-corrected chi connectivity index (χ2v) is 3.23. The number of aromatic nitrogens is 3. The predicted molar refractivity (Wildman–Crippen MR) is 57.5 cm³/mol. The number of aromatic amines is 1. The average molecular weight is 204 g/mol. The summed E-state index contributed by atoms with van der Waals surface area (Å²) in [5, 5.41) is 6.52. The topological polar surface area (TPSA) is 76.8 Å². The van der Waals surface area contributed by atoms with Crippen LogP contribution in [-0.2, 0) is 0 Å². The van der Waals surface area contributed by atoms with Crippen molar-refractivity contribution in [3.63, 3.8) is 0 Å². The van der Waals surface area contributed by atoms with Crippen LogP contribution in [0.4, 0.5) is 5.95 Å². The number of hydrogen-bond donors (Lipinski definition) is 2. The van der Waals surface area contributed by atoms with Crippen LogP contribution in [0.3, 0.4) is 0 Å². The fourth-order valence-corrected chi connectivity index (χ4v) is 1.37. The molecule has 2 rings (SSSR count). The third-order valence-electron chi connectivity index (χ3n) is 2.18. The first-order valence-corrected chi connectivity index (χ1v) is 4.53. The van der Waals surface area contributed by atoms with Gasteiger partial charge in [0.1, 0.15) is 5.75 Å². The van der Waals surface area contributed by atoms with E-state index in [1.54, 1.807) is 7.11 Å². The van der Waals surface area contributed by atoms with E-state index < -0.39 is 0 Å². The van der Waals surface area contributed by atoms with Gasteiger partial charge in [-0.25, -0.2) is 0 Å². The fraction of sp³-hybridized carbons (Fsp3) is 0.200. The molecule has 15 heavy (non-hydrogen) atoms. The van der Waals surface area contributed by atoms with Crippen LogP contribution in [0.1, 0.15) is 5.56 Å². The lowest BCUT2D eigenvalue weighted by molar-refractivity contribution is 0.412. The molecule has 0 amide bonds. The van der Waals surface area contributed by atoms with E-state index in [9.17, 15) is 0 Å². The molecule has 3 N–H and O–H groups in total. The molecular weight excluding hydrogens is 192 g/mol. The number of nitrogens with one attached hydrogen (secondary N) is 1. The minimum atomic E-state index is 0.240. The zero-order chi connectivity index (χ0) is 10.8. The van der Waals surface area contributed by atoms with Crippen molar-refractivity contribution in [2.24, 2.45) is 0 Å². The number of anilines is 1. The van der Waals surface area contributed by atoms with Crippen LogP contribution in [0.2, 0.25) is 0 Å². The first kappa shape index (κ1) is 9.51. The second kappa shape index (κ2) is 3.61. The molecule has 0 unspecified atom stereocenters. The quantitative estimate of drug-likeness (QED) is 0.774. The number of nitrogens with zero attached hydrogens (tertiary/aromatic N) is 2. The molecular formula is C10H12N4O. The van der Waals surface area contributed by atoms with E-state index in [2.05, 4.69) is 15.2 Å². The summed E-state index contributed by atoms with van der Waals surface area (Å²) < 4.78 is 5.22. The van der Waals surface area contributed by atoms with E-state index in [-0.39, 0.29) is 5.95 Å². The zero-order valence-electron chi connectivity index (χ0n) is 8.61. The summed E-state index contributed by atoms with van der Waals surface area (Å²) in [6.45, 7) is 1.98. The number of hydrogen-bond acceptors (Lipinski definition) is 4. The smallest absolute Gasteiger partial charge is 0.239 e. The number of ether oxygens (including phenoxy) is 1. The molecule has 2 aromatic rings. The summed E-state index contributed by atoms with van der Waals surface area (Å²) in [5.41, 5.74) is 7.41. The summed E-state index contributed by atoms with van der Waals surface area (Å²) in [6, 6.07) is 5.81. The number of H-pyrrole nitrogens is 1. The van der Waals surface area contributed by atoms with Gasteiger partial charge < -0.3 is 10.5 Å². The molecule has 5 nitrogen and oxygen atoms in total. The summed E-state index contributed by atoms with van der Waals surface area (Å²) in [5.74, 6) is 1.71. The Balaban J connectivity index is 2.45. The summed E-state index contributed by atoms with van der Waals surface area (Å²) in [7, 11) is 1.64. The van der Waals surface area contributed by atoms with Crippen LogP contribution in [-0.4, -0.2) is 22.3 Å². The molecule has 0 aliphatic heterocycles. The highest BCUT2D eigenvalue weighted by Crippen LogP contribution is 2.24. The zero-order valence-corrected chi connectivity index (χ0v) is 8.61. The minimum absolute atomic E-state index is 0.240. The number of aryl methyl sites for hydroxylation is 1. The highest BCUT2D eigenvalue weighted by molar-refractivity contribution is 5.59. The SMILES string of the molecule is COc1cc(-c2nc(N)n[nH]2)ccc1C. The van der Waals surface area contributed by atoms with E-state index in [4.69, 9.17) is 10.5 Å². The normalized spacial score (nSPS) is 10.3. The Morgan fingerprint density at radius 3 is 2.80 bits per heavy atom. The predicted octanol–water partition coefficient (Wildman–Crippen LogP) is 1.37. The molecule has 1 heterocycles. The Morgan fingerprint density at radius 1 is 1.40 bits per heavy atom. The van der Waals surface area contributed by atoms with Gasteiger partial charge >= 0.3 is 0 Å². The van der Waals surface area contributed by atoms with Crippen molar-refractivity contribution in [1.29, 1.82) is 0 Å². The molecule has 1 aromatic carbocycles. The van der Waals surface area contributed by atoms with Crippen molar-refractivity contribution in [3.05, 3.63) is 23.8 Å². The maximum absolute atomic E-state index is 5.43. The standard InChI is InChI=1S/C10H12N4O/c1-6-3-4-7(5-8(6)15-2)9-12-10(11)14-13-9/h3-5H,1-2H3,(H3,11,12,13,14). The van der Waals surface area contributed by atoms with Gasteiger partial charge in [0.15, 0.2) is 5.82 Å². The van der Waals surface area contributed by atoms with Crippen molar-refractivity contribution in [2.45, 2.75) is 6.92 Å². The van der Waals surface area contributed by atoms with Crippen molar-refractivity contribution in [1.82, 2.24) is 15.2 Å². The molecule has 0 radical (unpaired) electrons. The lowest BCUT2D eigenvalue weighted by Gasteiger charge is -2.05.